The Morgan fingerprint density at radius 2 is 1.68 bits per heavy atom. The number of aromatic amines is 1. The van der Waals surface area contributed by atoms with E-state index in [1.54, 1.807) is 18.0 Å². The van der Waals surface area contributed by atoms with Crippen molar-refractivity contribution in [3.05, 3.63) is 88.5 Å². The van der Waals surface area contributed by atoms with Crippen molar-refractivity contribution < 1.29 is 4.79 Å². The lowest BCUT2D eigenvalue weighted by Gasteiger charge is -2.18. The van der Waals surface area contributed by atoms with Crippen LogP contribution in [0.3, 0.4) is 0 Å². The third-order valence-corrected chi connectivity index (χ3v) is 4.95. The summed E-state index contributed by atoms with van der Waals surface area (Å²) in [6.45, 7) is 0.544. The van der Waals surface area contributed by atoms with Crippen LogP contribution in [-0.2, 0) is 17.8 Å². The Kier molecular flexibility index (Phi) is 4.89. The first-order chi connectivity index (χ1) is 13.6. The zero-order valence-corrected chi connectivity index (χ0v) is 15.7. The van der Waals surface area contributed by atoms with Crippen LogP contribution in [0, 0.1) is 0 Å². The molecule has 0 aliphatic heterocycles. The Hall–Kier alpha value is -3.47. The van der Waals surface area contributed by atoms with Gasteiger partial charge in [-0.2, -0.15) is 0 Å². The van der Waals surface area contributed by atoms with E-state index < -0.39 is 0 Å². The van der Waals surface area contributed by atoms with E-state index in [2.05, 4.69) is 34.2 Å². The predicted molar refractivity (Wildman–Crippen MR) is 111 cm³/mol. The molecule has 1 N–H and O–H groups in total. The highest BCUT2D eigenvalue weighted by atomic mass is 16.2. The number of para-hydroxylation sites is 1. The zero-order valence-electron chi connectivity index (χ0n) is 15.7. The normalized spacial score (nSPS) is 11.0. The summed E-state index contributed by atoms with van der Waals surface area (Å²) in [5.74, 6) is 0.555. The van der Waals surface area contributed by atoms with Crippen molar-refractivity contribution in [2.24, 2.45) is 0 Å². The predicted octanol–water partition coefficient (Wildman–Crippen LogP) is 3.67. The molecule has 0 saturated heterocycles. The van der Waals surface area contributed by atoms with Gasteiger partial charge < -0.3 is 9.88 Å². The topological polar surface area (TPSA) is 66.1 Å². The van der Waals surface area contributed by atoms with E-state index >= 15 is 0 Å². The maximum atomic E-state index is 12.6. The molecule has 0 fully saturated rings. The van der Waals surface area contributed by atoms with Crippen molar-refractivity contribution in [1.29, 1.82) is 0 Å². The number of hydrogen-bond donors (Lipinski definition) is 1. The second-order valence-corrected chi connectivity index (χ2v) is 6.92. The van der Waals surface area contributed by atoms with Gasteiger partial charge in [-0.3, -0.25) is 9.59 Å². The van der Waals surface area contributed by atoms with Gasteiger partial charge in [0.1, 0.15) is 5.82 Å². The molecule has 28 heavy (non-hydrogen) atoms. The zero-order chi connectivity index (χ0) is 19.5. The quantitative estimate of drug-likeness (QED) is 0.582. The Morgan fingerprint density at radius 3 is 2.54 bits per heavy atom. The van der Waals surface area contributed by atoms with Gasteiger partial charge in [-0.15, -0.1) is 0 Å². The summed E-state index contributed by atoms with van der Waals surface area (Å²) in [6.07, 6.45) is 0.696. The molecule has 1 heterocycles. The van der Waals surface area contributed by atoms with Gasteiger partial charge in [0, 0.05) is 26.4 Å². The Morgan fingerprint density at radius 1 is 0.964 bits per heavy atom. The van der Waals surface area contributed by atoms with Gasteiger partial charge >= 0.3 is 0 Å². The van der Waals surface area contributed by atoms with Gasteiger partial charge in [-0.1, -0.05) is 54.6 Å². The standard InChI is InChI=1S/C23H21N3O2/c1-26(15-17-9-6-8-16-7-2-3-10-18(16)17)22(27)14-13-21-24-20-12-5-4-11-19(20)23(28)25-21/h2-12H,13-15H2,1H3,(H,24,25,28). The first kappa shape index (κ1) is 17.9. The number of rotatable bonds is 5. The average Bonchev–Trinajstić information content (AvgIpc) is 2.72. The number of nitrogens with zero attached hydrogens (tertiary/aromatic N) is 2. The molecule has 0 saturated carbocycles. The number of aryl methyl sites for hydroxylation is 1. The van der Waals surface area contributed by atoms with Crippen LogP contribution in [0.4, 0.5) is 0 Å². The molecular weight excluding hydrogens is 350 g/mol. The highest BCUT2D eigenvalue weighted by Gasteiger charge is 2.12. The van der Waals surface area contributed by atoms with E-state index in [9.17, 15) is 9.59 Å². The number of hydrogen-bond acceptors (Lipinski definition) is 3. The number of benzene rings is 3. The maximum absolute atomic E-state index is 12.6. The minimum atomic E-state index is -0.169. The van der Waals surface area contributed by atoms with Gasteiger partial charge in [-0.25, -0.2) is 4.98 Å². The summed E-state index contributed by atoms with van der Waals surface area (Å²) < 4.78 is 0. The number of carbonyl (C=O) groups excluding carboxylic acids is 1. The van der Waals surface area contributed by atoms with Gasteiger partial charge in [0.05, 0.1) is 10.9 Å². The summed E-state index contributed by atoms with van der Waals surface area (Å²) in [5.41, 5.74) is 1.60. The van der Waals surface area contributed by atoms with Crippen LogP contribution in [0.15, 0.2) is 71.5 Å². The fraction of sp³-hybridized carbons (Fsp3) is 0.174. The van der Waals surface area contributed by atoms with Gasteiger partial charge in [-0.05, 0) is 28.5 Å². The van der Waals surface area contributed by atoms with E-state index in [0.29, 0.717) is 36.1 Å². The lowest BCUT2D eigenvalue weighted by molar-refractivity contribution is -0.130. The molecule has 4 rings (SSSR count). The van der Waals surface area contributed by atoms with E-state index in [1.807, 2.05) is 36.4 Å². The minimum absolute atomic E-state index is 0.0174. The number of fused-ring (bicyclic) bond motifs is 2. The van der Waals surface area contributed by atoms with Crippen LogP contribution in [0.1, 0.15) is 17.8 Å². The molecule has 0 bridgehead atoms. The van der Waals surface area contributed by atoms with E-state index in [0.717, 1.165) is 10.9 Å². The van der Waals surface area contributed by atoms with Crippen molar-refractivity contribution in [2.45, 2.75) is 19.4 Å². The van der Waals surface area contributed by atoms with E-state index in [4.69, 9.17) is 0 Å². The Labute approximate surface area is 162 Å². The Balaban J connectivity index is 1.46. The Bertz CT molecular complexity index is 1210. The van der Waals surface area contributed by atoms with Crippen molar-refractivity contribution >= 4 is 27.6 Å². The van der Waals surface area contributed by atoms with E-state index in [-0.39, 0.29) is 11.5 Å². The second-order valence-electron chi connectivity index (χ2n) is 6.92. The first-order valence-electron chi connectivity index (χ1n) is 9.30. The summed E-state index contributed by atoms with van der Waals surface area (Å²) in [5, 5.41) is 2.88. The molecule has 0 aliphatic carbocycles. The number of aromatic nitrogens is 2. The summed E-state index contributed by atoms with van der Waals surface area (Å²) in [6, 6.07) is 21.5. The van der Waals surface area contributed by atoms with Crippen molar-refractivity contribution in [1.82, 2.24) is 14.9 Å². The van der Waals surface area contributed by atoms with Crippen LogP contribution < -0.4 is 5.56 Å². The highest BCUT2D eigenvalue weighted by Crippen LogP contribution is 2.20. The van der Waals surface area contributed by atoms with Crippen LogP contribution in [0.5, 0.6) is 0 Å². The van der Waals surface area contributed by atoms with Gasteiger partial charge in [0.15, 0.2) is 0 Å². The average molecular weight is 371 g/mol. The molecule has 0 spiro atoms. The first-order valence-corrected chi connectivity index (χ1v) is 9.30. The van der Waals surface area contributed by atoms with Crippen molar-refractivity contribution in [3.8, 4) is 0 Å². The van der Waals surface area contributed by atoms with Gasteiger partial charge in [0.2, 0.25) is 5.91 Å². The molecular formula is C23H21N3O2. The van der Waals surface area contributed by atoms with Gasteiger partial charge in [0.25, 0.3) is 5.56 Å². The molecule has 0 aliphatic rings. The fourth-order valence-corrected chi connectivity index (χ4v) is 3.44. The third-order valence-electron chi connectivity index (χ3n) is 4.95. The molecule has 1 aromatic heterocycles. The second kappa shape index (κ2) is 7.64. The smallest absolute Gasteiger partial charge is 0.258 e. The molecule has 0 radical (unpaired) electrons. The van der Waals surface area contributed by atoms with E-state index in [1.165, 1.54) is 5.39 Å². The number of carbonyl (C=O) groups is 1. The molecule has 0 unspecified atom stereocenters. The van der Waals surface area contributed by atoms with Crippen LogP contribution in [0.2, 0.25) is 0 Å². The molecule has 5 heteroatoms. The fourth-order valence-electron chi connectivity index (χ4n) is 3.44. The third kappa shape index (κ3) is 3.64. The minimum Gasteiger partial charge on any atom is -0.341 e. The maximum Gasteiger partial charge on any atom is 0.258 e. The SMILES string of the molecule is CN(Cc1cccc2ccccc12)C(=O)CCc1nc2ccccc2c(=O)[nH]1. The summed E-state index contributed by atoms with van der Waals surface area (Å²) >= 11 is 0. The van der Waals surface area contributed by atoms with Crippen molar-refractivity contribution in [3.63, 3.8) is 0 Å². The van der Waals surface area contributed by atoms with Crippen LogP contribution in [0.25, 0.3) is 21.7 Å². The monoisotopic (exact) mass is 371 g/mol. The molecule has 140 valence electrons. The highest BCUT2D eigenvalue weighted by molar-refractivity contribution is 5.86. The lowest BCUT2D eigenvalue weighted by Crippen LogP contribution is -2.27. The molecule has 5 nitrogen and oxygen atoms in total. The molecule has 3 aromatic carbocycles. The molecule has 1 amide bonds. The van der Waals surface area contributed by atoms with Crippen LogP contribution in [-0.4, -0.2) is 27.8 Å². The number of H-pyrrole nitrogens is 1. The lowest BCUT2D eigenvalue weighted by atomic mass is 10.0. The largest absolute Gasteiger partial charge is 0.341 e. The van der Waals surface area contributed by atoms with Crippen LogP contribution >= 0.6 is 0 Å². The number of amides is 1. The summed E-state index contributed by atoms with van der Waals surface area (Å²) in [4.78, 5) is 33.7. The summed E-state index contributed by atoms with van der Waals surface area (Å²) in [7, 11) is 1.81. The number of nitrogens with one attached hydrogen (secondary N) is 1. The van der Waals surface area contributed by atoms with Crippen molar-refractivity contribution in [2.75, 3.05) is 7.05 Å². The molecule has 4 aromatic rings. The molecule has 0 atom stereocenters.